The van der Waals surface area contributed by atoms with Crippen LogP contribution in [0.3, 0.4) is 0 Å². The van der Waals surface area contributed by atoms with Crippen LogP contribution in [-0.2, 0) is 0 Å². The van der Waals surface area contributed by atoms with Crippen molar-refractivity contribution in [2.75, 3.05) is 11.9 Å². The van der Waals surface area contributed by atoms with Crippen LogP contribution in [0.15, 0.2) is 77.5 Å². The molecule has 2 aromatic carbocycles. The van der Waals surface area contributed by atoms with Crippen molar-refractivity contribution in [2.24, 2.45) is 0 Å². The Bertz CT molecular complexity index is 1070. The van der Waals surface area contributed by atoms with Crippen molar-refractivity contribution in [1.29, 1.82) is 0 Å². The van der Waals surface area contributed by atoms with E-state index in [1.165, 1.54) is 11.1 Å². The van der Waals surface area contributed by atoms with E-state index < -0.39 is 0 Å². The van der Waals surface area contributed by atoms with Crippen LogP contribution in [0, 0.1) is 0 Å². The van der Waals surface area contributed by atoms with E-state index in [9.17, 15) is 0 Å². The highest BCUT2D eigenvalue weighted by Gasteiger charge is 2.16. The summed E-state index contributed by atoms with van der Waals surface area (Å²) in [6.45, 7) is 0.783. The zero-order chi connectivity index (χ0) is 16.6. The number of nitrogens with zero attached hydrogens (tertiary/aromatic N) is 1. The van der Waals surface area contributed by atoms with Crippen molar-refractivity contribution < 1.29 is 9.25 Å². The first kappa shape index (κ1) is 14.0. The Morgan fingerprint density at radius 3 is 2.84 bits per heavy atom. The number of hydrogen-bond acceptors (Lipinski definition) is 3. The topological polar surface area (TPSA) is 39.3 Å². The standard InChI is InChI=1S/C21H16N2O2/c1-2-4-18(5-3-1)25-23-10-8-19-20(23)13-17(14-22-19)15-6-7-21-16(12-15)9-11-24-21/h1-13,22H,14H2. The van der Waals surface area contributed by atoms with Crippen LogP contribution in [-0.4, -0.2) is 11.3 Å². The predicted molar refractivity (Wildman–Crippen MR) is 99.5 cm³/mol. The predicted octanol–water partition coefficient (Wildman–Crippen LogP) is 5.04. The van der Waals surface area contributed by atoms with Gasteiger partial charge in [0.1, 0.15) is 11.3 Å². The van der Waals surface area contributed by atoms with Gasteiger partial charge in [0.05, 0.1) is 12.0 Å². The molecule has 4 nitrogen and oxygen atoms in total. The molecule has 1 aliphatic rings. The van der Waals surface area contributed by atoms with Crippen molar-refractivity contribution in [1.82, 2.24) is 4.73 Å². The summed E-state index contributed by atoms with van der Waals surface area (Å²) in [6, 6.07) is 20.1. The lowest BCUT2D eigenvalue weighted by molar-refractivity contribution is 0.215. The minimum Gasteiger partial charge on any atom is -0.464 e. The molecule has 1 N–H and O–H groups in total. The zero-order valence-corrected chi connectivity index (χ0v) is 13.5. The van der Waals surface area contributed by atoms with E-state index in [0.29, 0.717) is 0 Å². The summed E-state index contributed by atoms with van der Waals surface area (Å²) in [5.74, 6) is 0.807. The Hall–Kier alpha value is -3.40. The van der Waals surface area contributed by atoms with E-state index in [1.807, 2.05) is 54.7 Å². The lowest BCUT2D eigenvalue weighted by Crippen LogP contribution is -2.13. The quantitative estimate of drug-likeness (QED) is 0.572. The Morgan fingerprint density at radius 2 is 1.92 bits per heavy atom. The van der Waals surface area contributed by atoms with Crippen LogP contribution in [0.25, 0.3) is 22.6 Å². The number of anilines is 1. The second kappa shape index (κ2) is 5.60. The van der Waals surface area contributed by atoms with Crippen LogP contribution in [0.5, 0.6) is 5.75 Å². The first-order valence-electron chi connectivity index (χ1n) is 8.24. The van der Waals surface area contributed by atoms with Gasteiger partial charge in [0.2, 0.25) is 0 Å². The van der Waals surface area contributed by atoms with Crippen molar-refractivity contribution in [3.8, 4) is 5.75 Å². The molecule has 0 unspecified atom stereocenters. The van der Waals surface area contributed by atoms with Gasteiger partial charge < -0.3 is 14.6 Å². The molecule has 2 aromatic heterocycles. The number of para-hydroxylation sites is 1. The molecule has 0 saturated heterocycles. The van der Waals surface area contributed by atoms with E-state index in [-0.39, 0.29) is 0 Å². The van der Waals surface area contributed by atoms with Crippen LogP contribution in [0.1, 0.15) is 11.3 Å². The van der Waals surface area contributed by atoms with E-state index >= 15 is 0 Å². The molecule has 4 heteroatoms. The maximum atomic E-state index is 5.98. The van der Waals surface area contributed by atoms with Crippen molar-refractivity contribution in [3.63, 3.8) is 0 Å². The number of nitrogens with one attached hydrogen (secondary N) is 1. The first-order chi connectivity index (χ1) is 12.4. The van der Waals surface area contributed by atoms with Gasteiger partial charge in [0.25, 0.3) is 0 Å². The number of hydrogen-bond donors (Lipinski definition) is 1. The molecule has 0 atom stereocenters. The smallest absolute Gasteiger partial charge is 0.155 e. The maximum absolute atomic E-state index is 5.98. The van der Waals surface area contributed by atoms with E-state index in [4.69, 9.17) is 9.25 Å². The molecular weight excluding hydrogens is 312 g/mol. The fraction of sp³-hybridized carbons (Fsp3) is 0.0476. The molecule has 5 rings (SSSR count). The number of benzene rings is 2. The lowest BCUT2D eigenvalue weighted by Gasteiger charge is -2.18. The highest BCUT2D eigenvalue weighted by Crippen LogP contribution is 2.31. The van der Waals surface area contributed by atoms with E-state index in [2.05, 4.69) is 23.5 Å². The summed E-state index contributed by atoms with van der Waals surface area (Å²) in [4.78, 5) is 5.98. The number of aromatic nitrogens is 1. The van der Waals surface area contributed by atoms with Gasteiger partial charge in [-0.1, -0.05) is 24.3 Å². The van der Waals surface area contributed by atoms with Gasteiger partial charge in [-0.3, -0.25) is 0 Å². The van der Waals surface area contributed by atoms with Gasteiger partial charge >= 0.3 is 0 Å². The van der Waals surface area contributed by atoms with Crippen molar-refractivity contribution in [3.05, 3.63) is 84.4 Å². The van der Waals surface area contributed by atoms with E-state index in [1.54, 1.807) is 11.0 Å². The first-order valence-corrected chi connectivity index (χ1v) is 8.24. The van der Waals surface area contributed by atoms with Crippen molar-refractivity contribution in [2.45, 2.75) is 0 Å². The summed E-state index contributed by atoms with van der Waals surface area (Å²) in [7, 11) is 0. The maximum Gasteiger partial charge on any atom is 0.155 e. The Labute approximate surface area is 144 Å². The second-order valence-corrected chi connectivity index (χ2v) is 6.04. The molecule has 4 aromatic rings. The number of rotatable bonds is 3. The van der Waals surface area contributed by atoms with Gasteiger partial charge in [-0.05, 0) is 53.6 Å². The third-order valence-electron chi connectivity index (χ3n) is 4.44. The van der Waals surface area contributed by atoms with Gasteiger partial charge in [-0.25, -0.2) is 0 Å². The monoisotopic (exact) mass is 328 g/mol. The molecule has 1 aliphatic heterocycles. The fourth-order valence-electron chi connectivity index (χ4n) is 3.15. The average molecular weight is 328 g/mol. The summed E-state index contributed by atoms with van der Waals surface area (Å²) in [5, 5.41) is 4.58. The Morgan fingerprint density at radius 1 is 1.00 bits per heavy atom. The van der Waals surface area contributed by atoms with Crippen LogP contribution in [0.2, 0.25) is 0 Å². The van der Waals surface area contributed by atoms with Gasteiger partial charge in [0, 0.05) is 18.1 Å². The van der Waals surface area contributed by atoms with Gasteiger partial charge in [-0.15, -0.1) is 0 Å². The SMILES string of the molecule is C1=C(c2ccc3occc3c2)CNc2ccn(Oc3ccccc3)c21. The molecule has 0 fully saturated rings. The minimum atomic E-state index is 0.783. The molecule has 0 radical (unpaired) electrons. The van der Waals surface area contributed by atoms with Crippen LogP contribution < -0.4 is 10.2 Å². The van der Waals surface area contributed by atoms with Crippen LogP contribution in [0.4, 0.5) is 5.69 Å². The molecule has 0 saturated carbocycles. The largest absolute Gasteiger partial charge is 0.464 e. The highest BCUT2D eigenvalue weighted by atomic mass is 16.7. The third kappa shape index (κ3) is 2.48. The average Bonchev–Trinajstić information content (AvgIpc) is 3.28. The number of furan rings is 1. The van der Waals surface area contributed by atoms with Gasteiger partial charge in [-0.2, -0.15) is 4.73 Å². The molecule has 0 spiro atoms. The molecule has 122 valence electrons. The molecular formula is C21H16N2O2. The molecule has 0 amide bonds. The Balaban J connectivity index is 1.53. The molecule has 0 aliphatic carbocycles. The molecule has 25 heavy (non-hydrogen) atoms. The highest BCUT2D eigenvalue weighted by molar-refractivity contribution is 5.92. The molecule has 3 heterocycles. The fourth-order valence-corrected chi connectivity index (χ4v) is 3.15. The number of fused-ring (bicyclic) bond motifs is 2. The minimum absolute atomic E-state index is 0.783. The lowest BCUT2D eigenvalue weighted by atomic mass is 10.0. The normalized spacial score (nSPS) is 13.2. The summed E-state index contributed by atoms with van der Waals surface area (Å²) in [5.41, 5.74) is 5.39. The summed E-state index contributed by atoms with van der Waals surface area (Å²) < 4.78 is 7.23. The summed E-state index contributed by atoms with van der Waals surface area (Å²) in [6.07, 6.45) is 5.83. The van der Waals surface area contributed by atoms with Crippen molar-refractivity contribution >= 4 is 28.3 Å². The third-order valence-corrected chi connectivity index (χ3v) is 4.44. The molecule has 0 bridgehead atoms. The second-order valence-electron chi connectivity index (χ2n) is 6.04. The zero-order valence-electron chi connectivity index (χ0n) is 13.5. The van der Waals surface area contributed by atoms with Crippen LogP contribution >= 0.6 is 0 Å². The van der Waals surface area contributed by atoms with E-state index in [0.717, 1.165) is 34.6 Å². The Kier molecular flexibility index (Phi) is 3.13. The van der Waals surface area contributed by atoms with Gasteiger partial charge in [0.15, 0.2) is 5.75 Å². The summed E-state index contributed by atoms with van der Waals surface area (Å²) >= 11 is 0.